The van der Waals surface area contributed by atoms with Gasteiger partial charge < -0.3 is 16.2 Å². The molecule has 5 heteroatoms. The average Bonchev–Trinajstić information content (AvgIpc) is 2.38. The van der Waals surface area contributed by atoms with Crippen molar-refractivity contribution in [2.45, 2.75) is 6.92 Å². The quantitative estimate of drug-likeness (QED) is 0.587. The summed E-state index contributed by atoms with van der Waals surface area (Å²) < 4.78 is 0.821. The van der Waals surface area contributed by atoms with Crippen LogP contribution in [-0.4, -0.2) is 11.0 Å². The van der Waals surface area contributed by atoms with E-state index in [0.29, 0.717) is 11.4 Å². The van der Waals surface area contributed by atoms with Crippen molar-refractivity contribution in [3.63, 3.8) is 0 Å². The highest BCUT2D eigenvalue weighted by Crippen LogP contribution is 2.27. The highest BCUT2D eigenvalue weighted by Gasteiger charge is 2.12. The summed E-state index contributed by atoms with van der Waals surface area (Å²) in [6, 6.07) is 9.84. The second kappa shape index (κ2) is 5.32. The molecule has 0 saturated carbocycles. The first-order valence-corrected chi connectivity index (χ1v) is 6.43. The topological polar surface area (TPSA) is 75.3 Å². The molecule has 98 valence electrons. The summed E-state index contributed by atoms with van der Waals surface area (Å²) in [5.74, 6) is -0.359. The maximum Gasteiger partial charge on any atom is 0.257 e. The van der Waals surface area contributed by atoms with Crippen molar-refractivity contribution in [2.75, 3.05) is 11.1 Å². The van der Waals surface area contributed by atoms with Gasteiger partial charge in [-0.3, -0.25) is 4.79 Å². The van der Waals surface area contributed by atoms with Crippen LogP contribution in [0.3, 0.4) is 0 Å². The fourth-order valence-corrected chi connectivity index (χ4v) is 2.04. The zero-order chi connectivity index (χ0) is 14.0. The van der Waals surface area contributed by atoms with Gasteiger partial charge in [-0.25, -0.2) is 0 Å². The summed E-state index contributed by atoms with van der Waals surface area (Å²) in [5, 5.41) is 12.2. The van der Waals surface area contributed by atoms with Crippen LogP contribution in [0.1, 0.15) is 15.9 Å². The first-order chi connectivity index (χ1) is 8.99. The molecule has 2 aromatic carbocycles. The van der Waals surface area contributed by atoms with Crippen LogP contribution in [-0.2, 0) is 0 Å². The number of phenols is 1. The van der Waals surface area contributed by atoms with Gasteiger partial charge in [-0.2, -0.15) is 0 Å². The number of carbonyl (C=O) groups excluding carboxylic acids is 1. The fraction of sp³-hybridized carbons (Fsp3) is 0.0714. The van der Waals surface area contributed by atoms with E-state index in [0.717, 1.165) is 10.0 Å². The van der Waals surface area contributed by atoms with Crippen molar-refractivity contribution in [1.82, 2.24) is 0 Å². The highest BCUT2D eigenvalue weighted by atomic mass is 79.9. The van der Waals surface area contributed by atoms with Crippen LogP contribution in [0, 0.1) is 6.92 Å². The van der Waals surface area contributed by atoms with Gasteiger partial charge in [-0.05, 0) is 52.7 Å². The fourth-order valence-electron chi connectivity index (χ4n) is 1.67. The SMILES string of the molecule is Cc1cccc(NC(=O)c2cc(O)ccc2N)c1Br. The normalized spacial score (nSPS) is 10.2. The first-order valence-electron chi connectivity index (χ1n) is 5.64. The molecule has 0 atom stereocenters. The van der Waals surface area contributed by atoms with Gasteiger partial charge in [0.05, 0.1) is 11.3 Å². The lowest BCUT2D eigenvalue weighted by Crippen LogP contribution is -2.14. The number of nitrogens with one attached hydrogen (secondary N) is 1. The van der Waals surface area contributed by atoms with E-state index in [4.69, 9.17) is 5.73 Å². The lowest BCUT2D eigenvalue weighted by atomic mass is 10.1. The van der Waals surface area contributed by atoms with Crippen LogP contribution in [0.15, 0.2) is 40.9 Å². The molecule has 2 rings (SSSR count). The Bertz CT molecular complexity index is 641. The third kappa shape index (κ3) is 2.88. The van der Waals surface area contributed by atoms with E-state index >= 15 is 0 Å². The molecule has 0 saturated heterocycles. The second-order valence-corrected chi connectivity index (χ2v) is 4.96. The number of hydrogen-bond acceptors (Lipinski definition) is 3. The number of carbonyl (C=O) groups is 1. The van der Waals surface area contributed by atoms with Gasteiger partial charge in [0.25, 0.3) is 5.91 Å². The monoisotopic (exact) mass is 320 g/mol. The number of halogens is 1. The second-order valence-electron chi connectivity index (χ2n) is 4.16. The number of nitrogens with two attached hydrogens (primary N) is 1. The van der Waals surface area contributed by atoms with E-state index < -0.39 is 0 Å². The first kappa shape index (κ1) is 13.4. The van der Waals surface area contributed by atoms with Crippen molar-refractivity contribution in [1.29, 1.82) is 0 Å². The number of anilines is 2. The molecule has 0 heterocycles. The number of phenolic OH excluding ortho intramolecular Hbond substituents is 1. The summed E-state index contributed by atoms with van der Waals surface area (Å²) in [6.07, 6.45) is 0. The minimum atomic E-state index is -0.361. The van der Waals surface area contributed by atoms with Crippen molar-refractivity contribution in [2.24, 2.45) is 0 Å². The Morgan fingerprint density at radius 1 is 1.32 bits per heavy atom. The standard InChI is InChI=1S/C14H13BrN2O2/c1-8-3-2-4-12(13(8)15)17-14(19)10-7-9(18)5-6-11(10)16/h2-7,18H,16H2,1H3,(H,17,19). The number of nitrogen functional groups attached to an aromatic ring is 1. The number of benzene rings is 2. The summed E-state index contributed by atoms with van der Waals surface area (Å²) in [5.41, 5.74) is 7.97. The van der Waals surface area contributed by atoms with E-state index in [-0.39, 0.29) is 17.2 Å². The Morgan fingerprint density at radius 2 is 2.05 bits per heavy atom. The summed E-state index contributed by atoms with van der Waals surface area (Å²) in [6.45, 7) is 1.93. The molecule has 19 heavy (non-hydrogen) atoms. The number of aromatic hydroxyl groups is 1. The van der Waals surface area contributed by atoms with Gasteiger partial charge in [0.2, 0.25) is 0 Å². The number of amides is 1. The van der Waals surface area contributed by atoms with Crippen molar-refractivity contribution in [3.05, 3.63) is 52.0 Å². The van der Waals surface area contributed by atoms with E-state index in [1.807, 2.05) is 19.1 Å². The molecule has 0 aromatic heterocycles. The summed E-state index contributed by atoms with van der Waals surface area (Å²) >= 11 is 3.42. The number of aryl methyl sites for hydroxylation is 1. The zero-order valence-electron chi connectivity index (χ0n) is 10.3. The molecular weight excluding hydrogens is 308 g/mol. The van der Waals surface area contributed by atoms with Crippen LogP contribution in [0.5, 0.6) is 5.75 Å². The van der Waals surface area contributed by atoms with Crippen LogP contribution >= 0.6 is 15.9 Å². The lowest BCUT2D eigenvalue weighted by molar-refractivity contribution is 0.102. The molecule has 0 aliphatic heterocycles. The maximum atomic E-state index is 12.1. The Balaban J connectivity index is 2.31. The maximum absolute atomic E-state index is 12.1. The highest BCUT2D eigenvalue weighted by molar-refractivity contribution is 9.10. The third-order valence-electron chi connectivity index (χ3n) is 2.72. The minimum Gasteiger partial charge on any atom is -0.508 e. The molecule has 2 aromatic rings. The molecule has 0 aliphatic carbocycles. The van der Waals surface area contributed by atoms with Gasteiger partial charge in [0.15, 0.2) is 0 Å². The molecule has 4 N–H and O–H groups in total. The molecule has 0 bridgehead atoms. The largest absolute Gasteiger partial charge is 0.508 e. The molecular formula is C14H13BrN2O2. The lowest BCUT2D eigenvalue weighted by Gasteiger charge is -2.10. The molecule has 4 nitrogen and oxygen atoms in total. The average molecular weight is 321 g/mol. The Kier molecular flexibility index (Phi) is 3.76. The van der Waals surface area contributed by atoms with E-state index in [2.05, 4.69) is 21.2 Å². The number of hydrogen-bond donors (Lipinski definition) is 3. The van der Waals surface area contributed by atoms with E-state index in [1.54, 1.807) is 6.07 Å². The van der Waals surface area contributed by atoms with Crippen LogP contribution in [0.2, 0.25) is 0 Å². The molecule has 0 radical (unpaired) electrons. The molecule has 0 aliphatic rings. The van der Waals surface area contributed by atoms with Crippen molar-refractivity contribution in [3.8, 4) is 5.75 Å². The van der Waals surface area contributed by atoms with Gasteiger partial charge in [0.1, 0.15) is 5.75 Å². The predicted octanol–water partition coefficient (Wildman–Crippen LogP) is 3.30. The summed E-state index contributed by atoms with van der Waals surface area (Å²) in [4.78, 5) is 12.1. The third-order valence-corrected chi connectivity index (χ3v) is 3.77. The molecule has 0 fully saturated rings. The predicted molar refractivity (Wildman–Crippen MR) is 79.4 cm³/mol. The van der Waals surface area contributed by atoms with Crippen LogP contribution in [0.25, 0.3) is 0 Å². The Labute approximate surface area is 119 Å². The summed E-state index contributed by atoms with van der Waals surface area (Å²) in [7, 11) is 0. The smallest absolute Gasteiger partial charge is 0.257 e. The van der Waals surface area contributed by atoms with Gasteiger partial charge >= 0.3 is 0 Å². The molecule has 1 amide bonds. The number of rotatable bonds is 2. The van der Waals surface area contributed by atoms with E-state index in [9.17, 15) is 9.90 Å². The molecule has 0 spiro atoms. The Hall–Kier alpha value is -2.01. The van der Waals surface area contributed by atoms with Gasteiger partial charge in [-0.15, -0.1) is 0 Å². The van der Waals surface area contributed by atoms with Crippen molar-refractivity contribution >= 4 is 33.2 Å². The molecule has 0 unspecified atom stereocenters. The van der Waals surface area contributed by atoms with Crippen LogP contribution in [0.4, 0.5) is 11.4 Å². The Morgan fingerprint density at radius 3 is 2.79 bits per heavy atom. The van der Waals surface area contributed by atoms with Crippen molar-refractivity contribution < 1.29 is 9.90 Å². The minimum absolute atomic E-state index is 0.00246. The van der Waals surface area contributed by atoms with Gasteiger partial charge in [-0.1, -0.05) is 12.1 Å². The van der Waals surface area contributed by atoms with E-state index in [1.165, 1.54) is 18.2 Å². The zero-order valence-corrected chi connectivity index (χ0v) is 11.9. The van der Waals surface area contributed by atoms with Gasteiger partial charge in [0, 0.05) is 10.2 Å². The van der Waals surface area contributed by atoms with Crippen LogP contribution < -0.4 is 11.1 Å².